The van der Waals surface area contributed by atoms with E-state index in [0.717, 1.165) is 10.9 Å². The van der Waals surface area contributed by atoms with Crippen LogP contribution in [0.15, 0.2) is 46.9 Å². The predicted octanol–water partition coefficient (Wildman–Crippen LogP) is 4.07. The molecule has 7 heteroatoms. The first-order chi connectivity index (χ1) is 11.5. The van der Waals surface area contributed by atoms with Crippen LogP contribution in [0.25, 0.3) is 0 Å². The quantitative estimate of drug-likeness (QED) is 0.513. The average molecular weight is 409 g/mol. The van der Waals surface area contributed by atoms with E-state index in [9.17, 15) is 9.90 Å². The molecule has 0 fully saturated rings. The van der Waals surface area contributed by atoms with Gasteiger partial charge in [0, 0.05) is 10.2 Å². The number of halogens is 1. The molecular weight excluding hydrogens is 392 g/mol. The van der Waals surface area contributed by atoms with Crippen LogP contribution in [0.3, 0.4) is 0 Å². The lowest BCUT2D eigenvalue weighted by Crippen LogP contribution is -2.34. The molecule has 5 nitrogen and oxygen atoms in total. The van der Waals surface area contributed by atoms with Crippen molar-refractivity contribution in [3.63, 3.8) is 0 Å². The number of carbonyl (C=O) groups excluding carboxylic acids is 1. The van der Waals surface area contributed by atoms with E-state index in [2.05, 4.69) is 26.6 Å². The third-order valence-corrected chi connectivity index (χ3v) is 3.70. The number of hydrogen-bond donors (Lipinski definition) is 3. The van der Waals surface area contributed by atoms with Gasteiger partial charge in [-0.3, -0.25) is 10.1 Å². The van der Waals surface area contributed by atoms with E-state index in [4.69, 9.17) is 17.0 Å². The van der Waals surface area contributed by atoms with Gasteiger partial charge in [0.25, 0.3) is 5.91 Å². The van der Waals surface area contributed by atoms with Gasteiger partial charge in [0.05, 0.1) is 12.2 Å². The van der Waals surface area contributed by atoms with Crippen LogP contribution in [-0.2, 0) is 0 Å². The van der Waals surface area contributed by atoms with Gasteiger partial charge in [0.2, 0.25) is 0 Å². The Kier molecular flexibility index (Phi) is 6.57. The Balaban J connectivity index is 2.06. The SMILES string of the molecule is CCCOc1ccc(Br)cc1C(=O)NC(=S)Nc1ccc(O)cc1. The molecule has 3 N–H and O–H groups in total. The molecule has 1 amide bonds. The predicted molar refractivity (Wildman–Crippen MR) is 102 cm³/mol. The smallest absolute Gasteiger partial charge is 0.261 e. The summed E-state index contributed by atoms with van der Waals surface area (Å²) in [7, 11) is 0. The Bertz CT molecular complexity index is 735. The van der Waals surface area contributed by atoms with Crippen molar-refractivity contribution in [1.82, 2.24) is 5.32 Å². The third kappa shape index (κ3) is 5.21. The summed E-state index contributed by atoms with van der Waals surface area (Å²) in [5, 5.41) is 14.9. The highest BCUT2D eigenvalue weighted by Crippen LogP contribution is 2.23. The topological polar surface area (TPSA) is 70.6 Å². The molecule has 0 atom stereocenters. The molecule has 0 aliphatic carbocycles. The minimum absolute atomic E-state index is 0.155. The molecule has 0 radical (unpaired) electrons. The Hall–Kier alpha value is -2.12. The number of phenols is 1. The Morgan fingerprint density at radius 1 is 1.25 bits per heavy atom. The number of phenolic OH excluding ortho intramolecular Hbond substituents is 1. The van der Waals surface area contributed by atoms with Crippen molar-refractivity contribution in [2.24, 2.45) is 0 Å². The zero-order valence-electron chi connectivity index (χ0n) is 13.0. The van der Waals surface area contributed by atoms with Crippen LogP contribution < -0.4 is 15.4 Å². The van der Waals surface area contributed by atoms with Crippen molar-refractivity contribution in [3.8, 4) is 11.5 Å². The number of ether oxygens (including phenoxy) is 1. The normalized spacial score (nSPS) is 10.1. The maximum atomic E-state index is 12.5. The number of anilines is 1. The molecule has 0 saturated carbocycles. The molecule has 0 saturated heterocycles. The summed E-state index contributed by atoms with van der Waals surface area (Å²) in [6.45, 7) is 2.52. The molecule has 0 spiro atoms. The first-order valence-electron chi connectivity index (χ1n) is 7.33. The fourth-order valence-corrected chi connectivity index (χ4v) is 2.47. The fraction of sp³-hybridized carbons (Fsp3) is 0.176. The second-order valence-electron chi connectivity index (χ2n) is 4.94. The van der Waals surface area contributed by atoms with E-state index in [1.807, 2.05) is 13.0 Å². The molecule has 126 valence electrons. The number of nitrogens with one attached hydrogen (secondary N) is 2. The maximum Gasteiger partial charge on any atom is 0.261 e. The van der Waals surface area contributed by atoms with Crippen molar-refractivity contribution in [1.29, 1.82) is 0 Å². The summed E-state index contributed by atoms with van der Waals surface area (Å²) in [5.41, 5.74) is 1.06. The van der Waals surface area contributed by atoms with Gasteiger partial charge in [-0.05, 0) is 61.1 Å². The van der Waals surface area contributed by atoms with E-state index in [0.29, 0.717) is 23.6 Å². The molecule has 0 aliphatic rings. The lowest BCUT2D eigenvalue weighted by Gasteiger charge is -2.13. The maximum absolute atomic E-state index is 12.5. The van der Waals surface area contributed by atoms with E-state index in [1.54, 1.807) is 24.3 Å². The van der Waals surface area contributed by atoms with Crippen LogP contribution in [-0.4, -0.2) is 22.7 Å². The first kappa shape index (κ1) is 18.2. The Morgan fingerprint density at radius 3 is 2.62 bits per heavy atom. The van der Waals surface area contributed by atoms with Gasteiger partial charge < -0.3 is 15.2 Å². The van der Waals surface area contributed by atoms with Gasteiger partial charge >= 0.3 is 0 Å². The van der Waals surface area contributed by atoms with Crippen LogP contribution >= 0.6 is 28.1 Å². The van der Waals surface area contributed by atoms with Gasteiger partial charge in [0.15, 0.2) is 5.11 Å². The van der Waals surface area contributed by atoms with Gasteiger partial charge in [-0.25, -0.2) is 0 Å². The zero-order chi connectivity index (χ0) is 17.5. The molecule has 0 aromatic heterocycles. The molecule has 2 rings (SSSR count). The van der Waals surface area contributed by atoms with Crippen LogP contribution in [0.4, 0.5) is 5.69 Å². The molecular formula is C17H17BrN2O3S. The monoisotopic (exact) mass is 408 g/mol. The van der Waals surface area contributed by atoms with Crippen molar-refractivity contribution in [2.45, 2.75) is 13.3 Å². The lowest BCUT2D eigenvalue weighted by atomic mass is 10.2. The van der Waals surface area contributed by atoms with Crippen LogP contribution in [0.2, 0.25) is 0 Å². The number of carbonyl (C=O) groups is 1. The lowest BCUT2D eigenvalue weighted by molar-refractivity contribution is 0.0973. The summed E-state index contributed by atoms with van der Waals surface area (Å²) in [6, 6.07) is 11.6. The Morgan fingerprint density at radius 2 is 1.96 bits per heavy atom. The summed E-state index contributed by atoms with van der Waals surface area (Å²) < 4.78 is 6.37. The van der Waals surface area contributed by atoms with Crippen molar-refractivity contribution in [2.75, 3.05) is 11.9 Å². The summed E-state index contributed by atoms with van der Waals surface area (Å²) in [4.78, 5) is 12.5. The molecule has 24 heavy (non-hydrogen) atoms. The zero-order valence-corrected chi connectivity index (χ0v) is 15.4. The highest BCUT2D eigenvalue weighted by molar-refractivity contribution is 9.10. The van der Waals surface area contributed by atoms with Crippen molar-refractivity contribution < 1.29 is 14.6 Å². The second-order valence-corrected chi connectivity index (χ2v) is 6.27. The van der Waals surface area contributed by atoms with E-state index >= 15 is 0 Å². The van der Waals surface area contributed by atoms with Crippen LogP contribution in [0.5, 0.6) is 11.5 Å². The number of benzene rings is 2. The highest BCUT2D eigenvalue weighted by atomic mass is 79.9. The molecule has 0 bridgehead atoms. The summed E-state index contributed by atoms with van der Waals surface area (Å²) in [5.74, 6) is 0.297. The van der Waals surface area contributed by atoms with E-state index < -0.39 is 0 Å². The number of thiocarbonyl (C=S) groups is 1. The standard InChI is InChI=1S/C17H17BrN2O3S/c1-2-9-23-15-8-3-11(18)10-14(15)16(22)20-17(24)19-12-4-6-13(21)7-5-12/h3-8,10,21H,2,9H2,1H3,(H2,19,20,22,24). The first-order valence-corrected chi connectivity index (χ1v) is 8.53. The molecule has 0 unspecified atom stereocenters. The molecule has 2 aromatic rings. The van der Waals surface area contributed by atoms with Gasteiger partial charge in [-0.1, -0.05) is 22.9 Å². The van der Waals surface area contributed by atoms with Crippen LogP contribution in [0, 0.1) is 0 Å². The van der Waals surface area contributed by atoms with Gasteiger partial charge in [-0.15, -0.1) is 0 Å². The average Bonchev–Trinajstić information content (AvgIpc) is 2.55. The number of aromatic hydroxyl groups is 1. The minimum Gasteiger partial charge on any atom is -0.508 e. The number of amides is 1. The third-order valence-electron chi connectivity index (χ3n) is 3.00. The van der Waals surface area contributed by atoms with Gasteiger partial charge in [-0.2, -0.15) is 0 Å². The summed E-state index contributed by atoms with van der Waals surface area (Å²) >= 11 is 8.50. The highest BCUT2D eigenvalue weighted by Gasteiger charge is 2.15. The largest absolute Gasteiger partial charge is 0.508 e. The van der Waals surface area contributed by atoms with Crippen molar-refractivity contribution >= 4 is 44.9 Å². The minimum atomic E-state index is -0.362. The summed E-state index contributed by atoms with van der Waals surface area (Å²) in [6.07, 6.45) is 0.845. The number of rotatable bonds is 5. The van der Waals surface area contributed by atoms with Crippen LogP contribution in [0.1, 0.15) is 23.7 Å². The second kappa shape index (κ2) is 8.65. The van der Waals surface area contributed by atoms with Gasteiger partial charge in [0.1, 0.15) is 11.5 Å². The van der Waals surface area contributed by atoms with Crippen molar-refractivity contribution in [3.05, 3.63) is 52.5 Å². The number of hydrogen-bond acceptors (Lipinski definition) is 4. The van der Waals surface area contributed by atoms with E-state index in [1.165, 1.54) is 12.1 Å². The Labute approximate surface area is 154 Å². The van der Waals surface area contributed by atoms with E-state index in [-0.39, 0.29) is 16.8 Å². The molecule has 0 aliphatic heterocycles. The molecule has 0 heterocycles. The molecule has 2 aromatic carbocycles. The fourth-order valence-electron chi connectivity index (χ4n) is 1.90.